The molecule has 0 radical (unpaired) electrons. The van der Waals surface area contributed by atoms with E-state index in [0.717, 1.165) is 15.8 Å². The summed E-state index contributed by atoms with van der Waals surface area (Å²) >= 11 is 1.32. The average molecular weight is 332 g/mol. The van der Waals surface area contributed by atoms with E-state index in [9.17, 15) is 4.79 Å². The summed E-state index contributed by atoms with van der Waals surface area (Å²) in [7, 11) is 0. The number of ether oxygens (including phenoxy) is 1. The Labute approximate surface area is 136 Å². The van der Waals surface area contributed by atoms with Gasteiger partial charge in [-0.3, -0.25) is 4.68 Å². The maximum atomic E-state index is 12.0. The first kappa shape index (κ1) is 15.3. The maximum Gasteiger partial charge on any atom is 0.348 e. The predicted molar refractivity (Wildman–Crippen MR) is 86.6 cm³/mol. The highest BCUT2D eigenvalue weighted by molar-refractivity contribution is 7.20. The van der Waals surface area contributed by atoms with Crippen molar-refractivity contribution >= 4 is 33.3 Å². The molecule has 1 N–H and O–H groups in total. The Kier molecular flexibility index (Phi) is 4.47. The minimum Gasteiger partial charge on any atom is -0.462 e. The molecule has 0 atom stereocenters. The van der Waals surface area contributed by atoms with Crippen LogP contribution in [0, 0.1) is 6.92 Å². The van der Waals surface area contributed by atoms with Crippen molar-refractivity contribution in [3.8, 4) is 0 Å². The average Bonchev–Trinajstić information content (AvgIpc) is 3.16. The van der Waals surface area contributed by atoms with Gasteiger partial charge in [-0.25, -0.2) is 14.8 Å². The third kappa shape index (κ3) is 3.14. The van der Waals surface area contributed by atoms with E-state index < -0.39 is 0 Å². The second-order valence-corrected chi connectivity index (χ2v) is 5.77. The van der Waals surface area contributed by atoms with Gasteiger partial charge in [-0.1, -0.05) is 5.21 Å². The second-order valence-electron chi connectivity index (χ2n) is 4.77. The van der Waals surface area contributed by atoms with E-state index in [1.807, 2.05) is 6.92 Å². The quantitative estimate of drug-likeness (QED) is 0.689. The summed E-state index contributed by atoms with van der Waals surface area (Å²) in [4.78, 5) is 21.9. The van der Waals surface area contributed by atoms with E-state index >= 15 is 0 Å². The number of fused-ring (bicyclic) bond motifs is 1. The first-order chi connectivity index (χ1) is 11.2. The zero-order valence-electron chi connectivity index (χ0n) is 12.8. The number of carbonyl (C=O) groups excluding carboxylic acids is 1. The van der Waals surface area contributed by atoms with Crippen LogP contribution < -0.4 is 5.32 Å². The van der Waals surface area contributed by atoms with Crippen molar-refractivity contribution in [2.45, 2.75) is 20.4 Å². The first-order valence-corrected chi connectivity index (χ1v) is 8.01. The van der Waals surface area contributed by atoms with Gasteiger partial charge in [-0.15, -0.1) is 16.4 Å². The minimum absolute atomic E-state index is 0.318. The maximum absolute atomic E-state index is 12.0. The molecule has 3 aromatic heterocycles. The number of rotatable bonds is 6. The number of aryl methyl sites for hydroxylation is 1. The molecule has 0 aliphatic rings. The van der Waals surface area contributed by atoms with E-state index in [4.69, 9.17) is 4.74 Å². The van der Waals surface area contributed by atoms with Crippen molar-refractivity contribution in [1.82, 2.24) is 25.0 Å². The third-order valence-electron chi connectivity index (χ3n) is 3.29. The number of nitrogens with one attached hydrogen (secondary N) is 1. The standard InChI is InChI=1S/C14H16N6O2S/c1-3-22-14(21)11-9(2)10-12(16-8-17-13(10)23-11)15-4-6-20-7-5-18-19-20/h5,7-8H,3-4,6H2,1-2H3,(H,15,16,17). The topological polar surface area (TPSA) is 94.8 Å². The minimum atomic E-state index is -0.318. The summed E-state index contributed by atoms with van der Waals surface area (Å²) in [6.45, 7) is 5.33. The number of anilines is 1. The van der Waals surface area contributed by atoms with Crippen LogP contribution in [0.25, 0.3) is 10.2 Å². The Bertz CT molecular complexity index is 814. The van der Waals surface area contributed by atoms with E-state index in [-0.39, 0.29) is 5.97 Å². The van der Waals surface area contributed by atoms with Gasteiger partial charge in [-0.05, 0) is 19.4 Å². The SMILES string of the molecule is CCOC(=O)c1sc2ncnc(NCCn3ccnn3)c2c1C. The highest BCUT2D eigenvalue weighted by Gasteiger charge is 2.19. The van der Waals surface area contributed by atoms with Crippen molar-refractivity contribution in [2.24, 2.45) is 0 Å². The molecule has 9 heteroatoms. The molecule has 3 heterocycles. The lowest BCUT2D eigenvalue weighted by Crippen LogP contribution is -2.12. The third-order valence-corrected chi connectivity index (χ3v) is 4.47. The summed E-state index contributed by atoms with van der Waals surface area (Å²) in [5.74, 6) is 0.390. The van der Waals surface area contributed by atoms with Crippen LogP contribution in [-0.4, -0.2) is 44.1 Å². The van der Waals surface area contributed by atoms with Gasteiger partial charge >= 0.3 is 5.97 Å². The van der Waals surface area contributed by atoms with Gasteiger partial charge in [0.1, 0.15) is 21.9 Å². The van der Waals surface area contributed by atoms with Gasteiger partial charge in [0.15, 0.2) is 0 Å². The van der Waals surface area contributed by atoms with Crippen LogP contribution in [0.15, 0.2) is 18.7 Å². The van der Waals surface area contributed by atoms with Crippen molar-refractivity contribution < 1.29 is 9.53 Å². The molecule has 0 aliphatic heterocycles. The Hall–Kier alpha value is -2.55. The van der Waals surface area contributed by atoms with Crippen molar-refractivity contribution in [3.05, 3.63) is 29.2 Å². The molecule has 8 nitrogen and oxygen atoms in total. The van der Waals surface area contributed by atoms with Crippen molar-refractivity contribution in [1.29, 1.82) is 0 Å². The number of carbonyl (C=O) groups is 1. The van der Waals surface area contributed by atoms with Crippen molar-refractivity contribution in [3.63, 3.8) is 0 Å². The van der Waals surface area contributed by atoms with E-state index in [1.165, 1.54) is 17.7 Å². The molecule has 0 aromatic carbocycles. The molecule has 3 rings (SSSR count). The van der Waals surface area contributed by atoms with Crippen LogP contribution >= 0.6 is 11.3 Å². The molecule has 0 spiro atoms. The fourth-order valence-corrected chi connectivity index (χ4v) is 3.28. The summed E-state index contributed by atoms with van der Waals surface area (Å²) in [5, 5.41) is 11.8. The zero-order chi connectivity index (χ0) is 16.2. The number of hydrogen-bond acceptors (Lipinski definition) is 8. The van der Waals surface area contributed by atoms with E-state index in [1.54, 1.807) is 24.0 Å². The van der Waals surface area contributed by atoms with E-state index in [0.29, 0.717) is 30.4 Å². The number of nitrogens with zero attached hydrogens (tertiary/aromatic N) is 5. The molecule has 3 aromatic rings. The monoisotopic (exact) mass is 332 g/mol. The van der Waals surface area contributed by atoms with Crippen LogP contribution in [-0.2, 0) is 11.3 Å². The Morgan fingerprint density at radius 3 is 3.04 bits per heavy atom. The fraction of sp³-hybridized carbons (Fsp3) is 0.357. The number of esters is 1. The highest BCUT2D eigenvalue weighted by atomic mass is 32.1. The van der Waals surface area contributed by atoms with Gasteiger partial charge in [-0.2, -0.15) is 0 Å². The molecular formula is C14H16N6O2S. The molecular weight excluding hydrogens is 316 g/mol. The van der Waals surface area contributed by atoms with Gasteiger partial charge in [0.25, 0.3) is 0 Å². The first-order valence-electron chi connectivity index (χ1n) is 7.20. The molecule has 0 fully saturated rings. The second kappa shape index (κ2) is 6.69. The predicted octanol–water partition coefficient (Wildman–Crippen LogP) is 1.88. The lowest BCUT2D eigenvalue weighted by molar-refractivity contribution is 0.0531. The molecule has 0 unspecified atom stereocenters. The van der Waals surface area contributed by atoms with Gasteiger partial charge in [0.2, 0.25) is 0 Å². The highest BCUT2D eigenvalue weighted by Crippen LogP contribution is 2.33. The van der Waals surface area contributed by atoms with Crippen LogP contribution in [0.5, 0.6) is 0 Å². The summed E-state index contributed by atoms with van der Waals surface area (Å²) in [6.07, 6.45) is 4.93. The lowest BCUT2D eigenvalue weighted by Gasteiger charge is -2.07. The Morgan fingerprint density at radius 2 is 2.30 bits per heavy atom. The molecule has 0 saturated carbocycles. The molecule has 0 aliphatic carbocycles. The van der Waals surface area contributed by atoms with Crippen LogP contribution in [0.3, 0.4) is 0 Å². The van der Waals surface area contributed by atoms with Crippen LogP contribution in [0.4, 0.5) is 5.82 Å². The molecule has 23 heavy (non-hydrogen) atoms. The molecule has 0 saturated heterocycles. The fourth-order valence-electron chi connectivity index (χ4n) is 2.24. The van der Waals surface area contributed by atoms with E-state index in [2.05, 4.69) is 25.6 Å². The van der Waals surface area contributed by atoms with Gasteiger partial charge < -0.3 is 10.1 Å². The summed E-state index contributed by atoms with van der Waals surface area (Å²) in [6, 6.07) is 0. The largest absolute Gasteiger partial charge is 0.462 e. The molecule has 120 valence electrons. The van der Waals surface area contributed by atoms with Gasteiger partial charge in [0.05, 0.1) is 24.7 Å². The lowest BCUT2D eigenvalue weighted by atomic mass is 10.2. The Morgan fingerprint density at radius 1 is 1.43 bits per heavy atom. The smallest absolute Gasteiger partial charge is 0.348 e. The van der Waals surface area contributed by atoms with Gasteiger partial charge in [0, 0.05) is 12.7 Å². The number of hydrogen-bond donors (Lipinski definition) is 1. The number of thiophene rings is 1. The van der Waals surface area contributed by atoms with Crippen molar-refractivity contribution in [2.75, 3.05) is 18.5 Å². The number of aromatic nitrogens is 5. The Balaban J connectivity index is 1.84. The molecule has 0 amide bonds. The zero-order valence-corrected chi connectivity index (χ0v) is 13.6. The normalized spacial score (nSPS) is 10.9. The van der Waals surface area contributed by atoms with Crippen LogP contribution in [0.2, 0.25) is 0 Å². The molecule has 0 bridgehead atoms. The summed E-state index contributed by atoms with van der Waals surface area (Å²) in [5.41, 5.74) is 0.840. The van der Waals surface area contributed by atoms with Crippen LogP contribution in [0.1, 0.15) is 22.2 Å². The summed E-state index contributed by atoms with van der Waals surface area (Å²) < 4.78 is 6.82.